The van der Waals surface area contributed by atoms with Gasteiger partial charge >= 0.3 is 5.97 Å². The molecule has 0 saturated carbocycles. The first-order chi connectivity index (χ1) is 12.1. The number of amides is 1. The van der Waals surface area contributed by atoms with E-state index in [0.717, 1.165) is 11.1 Å². The molecule has 26 heavy (non-hydrogen) atoms. The number of aryl methyl sites for hydroxylation is 1. The fraction of sp³-hybridized carbons (Fsp3) is 0.550. The maximum absolute atomic E-state index is 11.9. The number of carbonyl (C=O) groups is 2. The third kappa shape index (κ3) is 6.07. The molecule has 6 nitrogen and oxygen atoms in total. The molecule has 6 heteroatoms. The zero-order chi connectivity index (χ0) is 19.9. The van der Waals surface area contributed by atoms with Gasteiger partial charge in [0.25, 0.3) is 5.91 Å². The van der Waals surface area contributed by atoms with E-state index in [1.807, 2.05) is 52.8 Å². The molecule has 1 N–H and O–H groups in total. The Morgan fingerprint density at radius 1 is 1.23 bits per heavy atom. The summed E-state index contributed by atoms with van der Waals surface area (Å²) in [7, 11) is 0. The number of hydrogen-bond donors (Lipinski definition) is 1. The van der Waals surface area contributed by atoms with Crippen molar-refractivity contribution in [3.8, 4) is 11.8 Å². The molecule has 1 atom stereocenters. The molecule has 0 radical (unpaired) electrons. The average Bonchev–Trinajstić information content (AvgIpc) is 2.57. The first-order valence-electron chi connectivity index (χ1n) is 8.70. The Balaban J connectivity index is 2.55. The van der Waals surface area contributed by atoms with E-state index in [4.69, 9.17) is 9.47 Å². The van der Waals surface area contributed by atoms with Crippen molar-refractivity contribution >= 4 is 11.9 Å². The Hall–Kier alpha value is -2.55. The number of nitrogens with zero attached hydrogens (tertiary/aromatic N) is 1. The summed E-state index contributed by atoms with van der Waals surface area (Å²) in [6, 6.07) is 7.91. The predicted octanol–water partition coefficient (Wildman–Crippen LogP) is 3.09. The molecule has 0 unspecified atom stereocenters. The Morgan fingerprint density at radius 2 is 1.88 bits per heavy atom. The highest BCUT2D eigenvalue weighted by atomic mass is 16.6. The molecule has 0 aliphatic heterocycles. The number of ether oxygens (including phenoxy) is 2. The van der Waals surface area contributed by atoms with Gasteiger partial charge < -0.3 is 14.8 Å². The minimum atomic E-state index is -1.01. The van der Waals surface area contributed by atoms with E-state index in [0.29, 0.717) is 5.75 Å². The van der Waals surface area contributed by atoms with Gasteiger partial charge in [-0.1, -0.05) is 39.8 Å². The number of rotatable bonds is 8. The summed E-state index contributed by atoms with van der Waals surface area (Å²) in [4.78, 5) is 23.8. The van der Waals surface area contributed by atoms with Gasteiger partial charge in [0.15, 0.2) is 13.2 Å². The lowest BCUT2D eigenvalue weighted by Gasteiger charge is -2.27. The maximum Gasteiger partial charge on any atom is 0.344 e. The third-order valence-electron chi connectivity index (χ3n) is 4.29. The highest BCUT2D eigenvalue weighted by Gasteiger charge is 2.30. The predicted molar refractivity (Wildman–Crippen MR) is 98.7 cm³/mol. The molecule has 1 rings (SSSR count). The van der Waals surface area contributed by atoms with Crippen LogP contribution in [0.3, 0.4) is 0 Å². The molecule has 0 saturated heterocycles. The molecule has 0 heterocycles. The minimum absolute atomic E-state index is 0.0775. The second-order valence-electron chi connectivity index (χ2n) is 7.16. The van der Waals surface area contributed by atoms with Crippen LogP contribution >= 0.6 is 0 Å². The standard InChI is InChI=1S/C20H28N2O4/c1-13(2)16-8-7-15(5)9-17(16)25-11-19(24)26-10-18(23)22-20(6,12-21)14(3)4/h7-9,13-14H,10-11H2,1-6H3,(H,22,23)/t20-/m0/s1. The normalized spacial score (nSPS) is 13.0. The van der Waals surface area contributed by atoms with Gasteiger partial charge in [0, 0.05) is 0 Å². The van der Waals surface area contributed by atoms with E-state index in [-0.39, 0.29) is 18.4 Å². The summed E-state index contributed by atoms with van der Waals surface area (Å²) < 4.78 is 10.5. The SMILES string of the molecule is Cc1ccc(C(C)C)c(OCC(=O)OCC(=O)N[C@@](C)(C#N)C(C)C)c1. The first-order valence-corrected chi connectivity index (χ1v) is 8.70. The van der Waals surface area contributed by atoms with E-state index in [9.17, 15) is 14.9 Å². The van der Waals surface area contributed by atoms with Crippen molar-refractivity contribution in [2.45, 2.75) is 53.0 Å². The monoisotopic (exact) mass is 360 g/mol. The lowest BCUT2D eigenvalue weighted by atomic mass is 9.90. The summed E-state index contributed by atoms with van der Waals surface area (Å²) in [6.45, 7) is 10.6. The van der Waals surface area contributed by atoms with Gasteiger partial charge in [-0.15, -0.1) is 0 Å². The highest BCUT2D eigenvalue weighted by molar-refractivity contribution is 5.81. The lowest BCUT2D eigenvalue weighted by Crippen LogP contribution is -2.50. The number of nitriles is 1. The van der Waals surface area contributed by atoms with E-state index in [1.165, 1.54) is 0 Å². The molecule has 1 amide bonds. The zero-order valence-corrected chi connectivity index (χ0v) is 16.4. The number of nitrogens with one attached hydrogen (secondary N) is 1. The van der Waals surface area contributed by atoms with Crippen LogP contribution in [0.4, 0.5) is 0 Å². The molecule has 0 bridgehead atoms. The average molecular weight is 360 g/mol. The van der Waals surface area contributed by atoms with Gasteiger partial charge in [-0.25, -0.2) is 4.79 Å². The van der Waals surface area contributed by atoms with Gasteiger partial charge in [0.2, 0.25) is 0 Å². The molecular weight excluding hydrogens is 332 g/mol. The number of carbonyl (C=O) groups excluding carboxylic acids is 2. The number of benzene rings is 1. The van der Waals surface area contributed by atoms with Gasteiger partial charge in [0.05, 0.1) is 6.07 Å². The third-order valence-corrected chi connectivity index (χ3v) is 4.29. The van der Waals surface area contributed by atoms with Crippen LogP contribution in [0.2, 0.25) is 0 Å². The number of hydrogen-bond acceptors (Lipinski definition) is 5. The largest absolute Gasteiger partial charge is 0.482 e. The number of esters is 1. The van der Waals surface area contributed by atoms with Crippen LogP contribution in [-0.2, 0) is 14.3 Å². The van der Waals surface area contributed by atoms with E-state index < -0.39 is 24.0 Å². The van der Waals surface area contributed by atoms with Crippen LogP contribution in [-0.4, -0.2) is 30.6 Å². The van der Waals surface area contributed by atoms with Crippen LogP contribution < -0.4 is 10.1 Å². The Kier molecular flexibility index (Phi) is 7.63. The summed E-state index contributed by atoms with van der Waals surface area (Å²) in [5, 5.41) is 11.8. The van der Waals surface area contributed by atoms with Crippen molar-refractivity contribution < 1.29 is 19.1 Å². The molecule has 1 aromatic carbocycles. The molecule has 0 spiro atoms. The molecule has 0 fully saturated rings. The second kappa shape index (κ2) is 9.23. The van der Waals surface area contributed by atoms with Crippen molar-refractivity contribution in [3.05, 3.63) is 29.3 Å². The van der Waals surface area contributed by atoms with E-state index in [1.54, 1.807) is 6.92 Å². The Labute approximate surface area is 155 Å². The Morgan fingerprint density at radius 3 is 2.42 bits per heavy atom. The van der Waals surface area contributed by atoms with Gasteiger partial charge in [-0.2, -0.15) is 5.26 Å². The quantitative estimate of drug-likeness (QED) is 0.720. The van der Waals surface area contributed by atoms with Crippen LogP contribution in [0, 0.1) is 24.2 Å². The first kappa shape index (κ1) is 21.5. The van der Waals surface area contributed by atoms with Crippen molar-refractivity contribution in [2.75, 3.05) is 13.2 Å². The van der Waals surface area contributed by atoms with Crippen molar-refractivity contribution in [1.82, 2.24) is 5.32 Å². The summed E-state index contributed by atoms with van der Waals surface area (Å²) in [5.74, 6) is -0.342. The highest BCUT2D eigenvalue weighted by Crippen LogP contribution is 2.27. The Bertz CT molecular complexity index is 692. The molecule has 142 valence electrons. The van der Waals surface area contributed by atoms with E-state index in [2.05, 4.69) is 11.4 Å². The maximum atomic E-state index is 11.9. The van der Waals surface area contributed by atoms with Crippen LogP contribution in [0.1, 0.15) is 51.7 Å². The van der Waals surface area contributed by atoms with Crippen LogP contribution in [0.5, 0.6) is 5.75 Å². The van der Waals surface area contributed by atoms with E-state index >= 15 is 0 Å². The molecule has 0 aliphatic rings. The van der Waals surface area contributed by atoms with Gasteiger partial charge in [0.1, 0.15) is 11.3 Å². The smallest absolute Gasteiger partial charge is 0.344 e. The summed E-state index contributed by atoms with van der Waals surface area (Å²) >= 11 is 0. The molecule has 0 aliphatic carbocycles. The molecule has 1 aromatic rings. The summed E-state index contributed by atoms with van der Waals surface area (Å²) in [5.41, 5.74) is 1.03. The minimum Gasteiger partial charge on any atom is -0.482 e. The van der Waals surface area contributed by atoms with Crippen molar-refractivity contribution in [2.24, 2.45) is 5.92 Å². The van der Waals surface area contributed by atoms with Crippen LogP contribution in [0.25, 0.3) is 0 Å². The summed E-state index contributed by atoms with van der Waals surface area (Å²) in [6.07, 6.45) is 0. The van der Waals surface area contributed by atoms with Gasteiger partial charge in [-0.05, 0) is 42.9 Å². The lowest BCUT2D eigenvalue weighted by molar-refractivity contribution is -0.150. The molecular formula is C20H28N2O4. The van der Waals surface area contributed by atoms with Gasteiger partial charge in [-0.3, -0.25) is 4.79 Å². The van der Waals surface area contributed by atoms with Crippen molar-refractivity contribution in [1.29, 1.82) is 5.26 Å². The second-order valence-corrected chi connectivity index (χ2v) is 7.16. The topological polar surface area (TPSA) is 88.4 Å². The fourth-order valence-electron chi connectivity index (χ4n) is 2.20. The zero-order valence-electron chi connectivity index (χ0n) is 16.4. The fourth-order valence-corrected chi connectivity index (χ4v) is 2.20. The van der Waals surface area contributed by atoms with Crippen molar-refractivity contribution in [3.63, 3.8) is 0 Å². The van der Waals surface area contributed by atoms with Crippen LogP contribution in [0.15, 0.2) is 18.2 Å². The molecule has 0 aromatic heterocycles.